The van der Waals surface area contributed by atoms with Crippen LogP contribution < -0.4 is 10.6 Å². The van der Waals surface area contributed by atoms with E-state index in [2.05, 4.69) is 20.8 Å². The molecule has 0 bridgehead atoms. The normalized spacial score (nSPS) is 12.8. The summed E-state index contributed by atoms with van der Waals surface area (Å²) in [4.78, 5) is 40.3. The number of amides is 2. The Kier molecular flexibility index (Phi) is 9.86. The third-order valence-electron chi connectivity index (χ3n) is 6.62. The van der Waals surface area contributed by atoms with Crippen LogP contribution >= 0.6 is 34.4 Å². The molecule has 2 amide bonds. The zero-order valence-corrected chi connectivity index (χ0v) is 25.1. The first-order chi connectivity index (χ1) is 20.0. The fourth-order valence-corrected chi connectivity index (χ4v) is 7.37. The Bertz CT molecular complexity index is 1500. The van der Waals surface area contributed by atoms with E-state index in [1.165, 1.54) is 34.4 Å². The monoisotopic (exact) mass is 609 g/mol. The number of carbonyl (C=O) groups excluding carboxylic acids is 3. The number of nitrogens with one attached hydrogen (secondary N) is 2. The van der Waals surface area contributed by atoms with Crippen molar-refractivity contribution in [3.05, 3.63) is 80.1 Å². The number of ether oxygens (including phenoxy) is 1. The Morgan fingerprint density at radius 3 is 2.66 bits per heavy atom. The molecule has 0 saturated carbocycles. The summed E-state index contributed by atoms with van der Waals surface area (Å²) in [5, 5.41) is 17.5. The van der Waals surface area contributed by atoms with Crippen LogP contribution in [0, 0.1) is 0 Å². The van der Waals surface area contributed by atoms with Gasteiger partial charge in [-0.1, -0.05) is 54.6 Å². The van der Waals surface area contributed by atoms with Crippen LogP contribution in [0.3, 0.4) is 0 Å². The Hall–Kier alpha value is -3.48. The molecule has 0 unspecified atom stereocenters. The Morgan fingerprint density at radius 1 is 1.05 bits per heavy atom. The Morgan fingerprint density at radius 2 is 1.88 bits per heavy atom. The highest BCUT2D eigenvalue weighted by Crippen LogP contribution is 2.38. The molecule has 4 aromatic rings. The second-order valence-corrected chi connectivity index (χ2v) is 12.5. The number of nitrogens with zero attached hydrogens (tertiary/aromatic N) is 3. The highest BCUT2D eigenvalue weighted by atomic mass is 32.2. The van der Waals surface area contributed by atoms with Crippen LogP contribution in [-0.2, 0) is 35.5 Å². The minimum atomic E-state index is -0.383. The van der Waals surface area contributed by atoms with Crippen molar-refractivity contribution >= 4 is 57.2 Å². The predicted octanol–water partition coefficient (Wildman–Crippen LogP) is 5.56. The zero-order valence-electron chi connectivity index (χ0n) is 22.7. The van der Waals surface area contributed by atoms with Crippen molar-refractivity contribution in [2.45, 2.75) is 57.3 Å². The van der Waals surface area contributed by atoms with Crippen LogP contribution in [0.15, 0.2) is 53.0 Å². The van der Waals surface area contributed by atoms with Gasteiger partial charge >= 0.3 is 5.97 Å². The SMILES string of the molecule is CCOC(=O)c1c(NC(=O)CSc2nnc(CNC(=O)c3cccs3)n2Cc2ccccc2)sc2c1CCCCC2. The average molecular weight is 610 g/mol. The molecule has 0 spiro atoms. The van der Waals surface area contributed by atoms with Gasteiger partial charge in [0.2, 0.25) is 5.91 Å². The summed E-state index contributed by atoms with van der Waals surface area (Å²) in [5.41, 5.74) is 2.57. The van der Waals surface area contributed by atoms with Gasteiger partial charge in [0.25, 0.3) is 5.91 Å². The molecule has 9 nitrogen and oxygen atoms in total. The second kappa shape index (κ2) is 13.9. The van der Waals surface area contributed by atoms with E-state index >= 15 is 0 Å². The third-order valence-corrected chi connectivity index (χ3v) is 9.66. The molecule has 1 aliphatic rings. The van der Waals surface area contributed by atoms with Crippen LogP contribution in [0.1, 0.15) is 68.0 Å². The van der Waals surface area contributed by atoms with E-state index in [4.69, 9.17) is 4.74 Å². The summed E-state index contributed by atoms with van der Waals surface area (Å²) in [5.74, 6) is -0.118. The van der Waals surface area contributed by atoms with Crippen molar-refractivity contribution in [2.24, 2.45) is 0 Å². The number of anilines is 1. The molecule has 41 heavy (non-hydrogen) atoms. The Balaban J connectivity index is 1.30. The van der Waals surface area contributed by atoms with Gasteiger partial charge in [0.15, 0.2) is 11.0 Å². The van der Waals surface area contributed by atoms with Gasteiger partial charge in [-0.25, -0.2) is 4.79 Å². The van der Waals surface area contributed by atoms with E-state index in [0.717, 1.165) is 48.1 Å². The van der Waals surface area contributed by atoms with Crippen molar-refractivity contribution in [3.63, 3.8) is 0 Å². The maximum atomic E-state index is 13.1. The molecule has 0 aliphatic heterocycles. The lowest BCUT2D eigenvalue weighted by Crippen LogP contribution is -2.24. The second-order valence-electron chi connectivity index (χ2n) is 9.46. The van der Waals surface area contributed by atoms with Gasteiger partial charge in [-0.15, -0.1) is 32.9 Å². The third kappa shape index (κ3) is 7.24. The molecule has 2 N–H and O–H groups in total. The van der Waals surface area contributed by atoms with Crippen LogP contribution in [0.25, 0.3) is 0 Å². The Labute approximate surface area is 250 Å². The van der Waals surface area contributed by atoms with E-state index in [1.807, 2.05) is 46.3 Å². The topological polar surface area (TPSA) is 115 Å². The van der Waals surface area contributed by atoms with Crippen molar-refractivity contribution < 1.29 is 19.1 Å². The summed E-state index contributed by atoms with van der Waals surface area (Å²) in [6.07, 6.45) is 4.95. The summed E-state index contributed by atoms with van der Waals surface area (Å²) >= 11 is 4.12. The van der Waals surface area contributed by atoms with Crippen molar-refractivity contribution in [1.29, 1.82) is 0 Å². The first-order valence-corrected chi connectivity index (χ1v) is 16.2. The first-order valence-electron chi connectivity index (χ1n) is 13.6. The van der Waals surface area contributed by atoms with Crippen molar-refractivity contribution in [3.8, 4) is 0 Å². The molecule has 0 atom stereocenters. The zero-order chi connectivity index (χ0) is 28.6. The molecular formula is C29H31N5O4S3. The van der Waals surface area contributed by atoms with Gasteiger partial charge in [-0.05, 0) is 55.2 Å². The fraction of sp³-hybridized carbons (Fsp3) is 0.345. The standard InChI is InChI=1S/C29H31N5O4S3/c1-2-38-28(37)25-20-12-7-4-8-13-21(20)41-27(25)31-24(35)18-40-29-33-32-23(16-30-26(36)22-14-9-15-39-22)34(29)17-19-10-5-3-6-11-19/h3,5-6,9-11,14-15H,2,4,7-8,12-13,16-18H2,1H3,(H,30,36)(H,31,35). The number of thiophene rings is 2. The number of esters is 1. The summed E-state index contributed by atoms with van der Waals surface area (Å²) in [6, 6.07) is 13.5. The molecule has 12 heteroatoms. The van der Waals surface area contributed by atoms with Crippen LogP contribution in [0.4, 0.5) is 5.00 Å². The quantitative estimate of drug-likeness (QED) is 0.130. The maximum absolute atomic E-state index is 13.1. The summed E-state index contributed by atoms with van der Waals surface area (Å²) < 4.78 is 7.26. The number of hydrogen-bond donors (Lipinski definition) is 2. The molecule has 3 heterocycles. The number of aryl methyl sites for hydroxylation is 1. The number of aromatic nitrogens is 3. The minimum absolute atomic E-state index is 0.0826. The van der Waals surface area contributed by atoms with E-state index in [1.54, 1.807) is 13.0 Å². The predicted molar refractivity (Wildman–Crippen MR) is 162 cm³/mol. The number of thioether (sulfide) groups is 1. The van der Waals surface area contributed by atoms with E-state index in [9.17, 15) is 14.4 Å². The molecule has 5 rings (SSSR count). The number of carbonyl (C=O) groups is 3. The summed E-state index contributed by atoms with van der Waals surface area (Å²) in [6.45, 7) is 2.75. The molecule has 1 aliphatic carbocycles. The lowest BCUT2D eigenvalue weighted by atomic mass is 10.1. The molecule has 0 fully saturated rings. The smallest absolute Gasteiger partial charge is 0.341 e. The van der Waals surface area contributed by atoms with Crippen LogP contribution in [0.5, 0.6) is 0 Å². The number of hydrogen-bond acceptors (Lipinski definition) is 9. The van der Waals surface area contributed by atoms with Crippen molar-refractivity contribution in [2.75, 3.05) is 17.7 Å². The largest absolute Gasteiger partial charge is 0.462 e. The van der Waals surface area contributed by atoms with Gasteiger partial charge in [0, 0.05) is 4.88 Å². The first kappa shape index (κ1) is 29.0. The van der Waals surface area contributed by atoms with E-state index in [-0.39, 0.29) is 36.7 Å². The highest BCUT2D eigenvalue weighted by Gasteiger charge is 2.27. The maximum Gasteiger partial charge on any atom is 0.341 e. The van der Waals surface area contributed by atoms with Crippen LogP contribution in [-0.4, -0.2) is 44.9 Å². The molecule has 1 aromatic carbocycles. The van der Waals surface area contributed by atoms with Gasteiger partial charge in [0.05, 0.1) is 35.9 Å². The average Bonchev–Trinajstić information content (AvgIpc) is 3.68. The van der Waals surface area contributed by atoms with Gasteiger partial charge in [-0.2, -0.15) is 0 Å². The fourth-order valence-electron chi connectivity index (χ4n) is 4.68. The number of fused-ring (bicyclic) bond motifs is 1. The van der Waals surface area contributed by atoms with Gasteiger partial charge < -0.3 is 19.9 Å². The van der Waals surface area contributed by atoms with Gasteiger partial charge in [0.1, 0.15) is 5.00 Å². The lowest BCUT2D eigenvalue weighted by molar-refractivity contribution is -0.113. The van der Waals surface area contributed by atoms with Gasteiger partial charge in [-0.3, -0.25) is 9.59 Å². The highest BCUT2D eigenvalue weighted by molar-refractivity contribution is 7.99. The van der Waals surface area contributed by atoms with E-state index < -0.39 is 0 Å². The van der Waals surface area contributed by atoms with Crippen molar-refractivity contribution in [1.82, 2.24) is 20.1 Å². The molecule has 0 radical (unpaired) electrons. The molecule has 0 saturated heterocycles. The summed E-state index contributed by atoms with van der Waals surface area (Å²) in [7, 11) is 0. The van der Waals surface area contributed by atoms with E-state index in [0.29, 0.717) is 33.0 Å². The number of benzene rings is 1. The number of rotatable bonds is 11. The van der Waals surface area contributed by atoms with Crippen LogP contribution in [0.2, 0.25) is 0 Å². The lowest BCUT2D eigenvalue weighted by Gasteiger charge is -2.11. The molecule has 214 valence electrons. The molecular weight excluding hydrogens is 579 g/mol. The minimum Gasteiger partial charge on any atom is -0.462 e. The molecule has 3 aromatic heterocycles.